The molecule has 1 aliphatic rings. The molecule has 7 heteroatoms. The lowest BCUT2D eigenvalue weighted by Gasteiger charge is -2.26. The summed E-state index contributed by atoms with van der Waals surface area (Å²) < 4.78 is 29.4. The van der Waals surface area contributed by atoms with Crippen molar-refractivity contribution >= 4 is 10.0 Å². The Balaban J connectivity index is 1.80. The summed E-state index contributed by atoms with van der Waals surface area (Å²) in [5.41, 5.74) is 1.10. The number of hydrogen-bond donors (Lipinski definition) is 1. The SMILES string of the molecule is CC(C)c1ccc(S(=O)(=O)NOCCN2CCOCC2)cc1. The van der Waals surface area contributed by atoms with E-state index in [2.05, 4.69) is 23.6 Å². The first-order valence-electron chi connectivity index (χ1n) is 7.53. The molecule has 0 radical (unpaired) electrons. The van der Waals surface area contributed by atoms with Gasteiger partial charge in [-0.2, -0.15) is 0 Å². The zero-order valence-corrected chi connectivity index (χ0v) is 13.9. The maximum absolute atomic E-state index is 12.1. The molecule has 2 rings (SSSR count). The Morgan fingerprint density at radius 2 is 1.86 bits per heavy atom. The molecular weight excluding hydrogens is 304 g/mol. The smallest absolute Gasteiger partial charge is 0.262 e. The quantitative estimate of drug-likeness (QED) is 0.604. The van der Waals surface area contributed by atoms with Crippen LogP contribution in [0.4, 0.5) is 0 Å². The van der Waals surface area contributed by atoms with Crippen LogP contribution < -0.4 is 4.89 Å². The van der Waals surface area contributed by atoms with E-state index in [1.807, 2.05) is 12.1 Å². The van der Waals surface area contributed by atoms with Gasteiger partial charge in [0.05, 0.1) is 24.7 Å². The lowest BCUT2D eigenvalue weighted by Crippen LogP contribution is -2.39. The number of morpholine rings is 1. The van der Waals surface area contributed by atoms with Gasteiger partial charge in [-0.3, -0.25) is 9.74 Å². The molecule has 6 nitrogen and oxygen atoms in total. The maximum atomic E-state index is 12.1. The lowest BCUT2D eigenvalue weighted by molar-refractivity contribution is 0.0125. The van der Waals surface area contributed by atoms with Crippen LogP contribution in [0.5, 0.6) is 0 Å². The zero-order chi connectivity index (χ0) is 16.0. The van der Waals surface area contributed by atoms with Crippen LogP contribution in [0, 0.1) is 0 Å². The molecule has 22 heavy (non-hydrogen) atoms. The van der Waals surface area contributed by atoms with Gasteiger partial charge in [-0.15, -0.1) is 0 Å². The highest BCUT2D eigenvalue weighted by Crippen LogP contribution is 2.17. The van der Waals surface area contributed by atoms with Crippen LogP contribution in [-0.4, -0.2) is 52.8 Å². The van der Waals surface area contributed by atoms with E-state index in [0.717, 1.165) is 18.7 Å². The number of rotatable bonds is 7. The van der Waals surface area contributed by atoms with E-state index in [1.165, 1.54) is 0 Å². The van der Waals surface area contributed by atoms with Gasteiger partial charge in [0.1, 0.15) is 0 Å². The molecular formula is C15H24N2O4S. The highest BCUT2D eigenvalue weighted by Gasteiger charge is 2.15. The number of nitrogens with one attached hydrogen (secondary N) is 1. The van der Waals surface area contributed by atoms with Crippen molar-refractivity contribution in [3.05, 3.63) is 29.8 Å². The second kappa shape index (κ2) is 8.03. The fourth-order valence-corrected chi connectivity index (χ4v) is 3.03. The Morgan fingerprint density at radius 3 is 2.45 bits per heavy atom. The summed E-state index contributed by atoms with van der Waals surface area (Å²) in [4.78, 5) is 9.68. The molecule has 0 bridgehead atoms. The Bertz CT molecular complexity index is 551. The van der Waals surface area contributed by atoms with E-state index in [0.29, 0.717) is 32.3 Å². The Morgan fingerprint density at radius 1 is 1.23 bits per heavy atom. The maximum Gasteiger partial charge on any atom is 0.262 e. The third-order valence-corrected chi connectivity index (χ3v) is 4.87. The van der Waals surface area contributed by atoms with Gasteiger partial charge in [0.15, 0.2) is 0 Å². The summed E-state index contributed by atoms with van der Waals surface area (Å²) in [5.74, 6) is 0.370. The van der Waals surface area contributed by atoms with Gasteiger partial charge in [-0.05, 0) is 23.6 Å². The third kappa shape index (κ3) is 5.03. The van der Waals surface area contributed by atoms with Crippen molar-refractivity contribution in [2.24, 2.45) is 0 Å². The third-order valence-electron chi connectivity index (χ3n) is 3.64. The summed E-state index contributed by atoms with van der Waals surface area (Å²) in [5, 5.41) is 0. The van der Waals surface area contributed by atoms with Crippen molar-refractivity contribution in [3.8, 4) is 0 Å². The highest BCUT2D eigenvalue weighted by molar-refractivity contribution is 7.89. The van der Waals surface area contributed by atoms with Crippen molar-refractivity contribution in [2.45, 2.75) is 24.7 Å². The predicted octanol–water partition coefficient (Wildman–Crippen LogP) is 1.35. The van der Waals surface area contributed by atoms with Crippen LogP contribution in [-0.2, 0) is 19.6 Å². The minimum absolute atomic E-state index is 0.211. The Kier molecular flexibility index (Phi) is 6.34. The highest BCUT2D eigenvalue weighted by atomic mass is 32.2. The van der Waals surface area contributed by atoms with Crippen molar-refractivity contribution in [3.63, 3.8) is 0 Å². The van der Waals surface area contributed by atoms with Crippen molar-refractivity contribution in [1.29, 1.82) is 0 Å². The molecule has 0 saturated carbocycles. The second-order valence-electron chi connectivity index (χ2n) is 5.61. The summed E-state index contributed by atoms with van der Waals surface area (Å²) in [7, 11) is -3.62. The van der Waals surface area contributed by atoms with Crippen LogP contribution in [0.15, 0.2) is 29.2 Å². The van der Waals surface area contributed by atoms with Crippen LogP contribution >= 0.6 is 0 Å². The monoisotopic (exact) mass is 328 g/mol. The number of benzene rings is 1. The van der Waals surface area contributed by atoms with E-state index in [4.69, 9.17) is 9.57 Å². The first kappa shape index (κ1) is 17.4. The molecule has 0 atom stereocenters. The minimum atomic E-state index is -3.62. The second-order valence-corrected chi connectivity index (χ2v) is 7.26. The van der Waals surface area contributed by atoms with E-state index < -0.39 is 10.0 Å². The first-order valence-corrected chi connectivity index (χ1v) is 9.01. The average Bonchev–Trinajstić information content (AvgIpc) is 2.53. The van der Waals surface area contributed by atoms with Gasteiger partial charge in [-0.1, -0.05) is 30.9 Å². The van der Waals surface area contributed by atoms with Crippen LogP contribution in [0.25, 0.3) is 0 Å². The first-order chi connectivity index (χ1) is 10.5. The molecule has 1 fully saturated rings. The lowest BCUT2D eigenvalue weighted by atomic mass is 10.0. The van der Waals surface area contributed by atoms with Crippen molar-refractivity contribution < 1.29 is 18.0 Å². The normalized spacial score (nSPS) is 17.0. The number of sulfonamides is 1. The van der Waals surface area contributed by atoms with Gasteiger partial charge >= 0.3 is 0 Å². The van der Waals surface area contributed by atoms with Crippen LogP contribution in [0.1, 0.15) is 25.3 Å². The largest absolute Gasteiger partial charge is 0.379 e. The van der Waals surface area contributed by atoms with Gasteiger partial charge < -0.3 is 4.74 Å². The molecule has 0 aromatic heterocycles. The fourth-order valence-electron chi connectivity index (χ4n) is 2.20. The van der Waals surface area contributed by atoms with Gasteiger partial charge in [0.2, 0.25) is 0 Å². The van der Waals surface area contributed by atoms with E-state index >= 15 is 0 Å². The molecule has 0 unspecified atom stereocenters. The van der Waals surface area contributed by atoms with Gasteiger partial charge in [-0.25, -0.2) is 8.42 Å². The van der Waals surface area contributed by atoms with E-state index in [9.17, 15) is 8.42 Å². The Labute approximate surface area is 132 Å². The summed E-state index contributed by atoms with van der Waals surface area (Å²) in [6.07, 6.45) is 0. The Hall–Kier alpha value is -0.990. The van der Waals surface area contributed by atoms with Crippen molar-refractivity contribution in [2.75, 3.05) is 39.5 Å². The summed E-state index contributed by atoms with van der Waals surface area (Å²) in [6.45, 7) is 8.26. The van der Waals surface area contributed by atoms with E-state index in [-0.39, 0.29) is 4.90 Å². The van der Waals surface area contributed by atoms with Gasteiger partial charge in [0.25, 0.3) is 10.0 Å². The molecule has 1 aromatic rings. The molecule has 0 amide bonds. The number of nitrogens with zero attached hydrogens (tertiary/aromatic N) is 1. The molecule has 1 aromatic carbocycles. The minimum Gasteiger partial charge on any atom is -0.379 e. The van der Waals surface area contributed by atoms with Gasteiger partial charge in [0, 0.05) is 19.6 Å². The standard InChI is InChI=1S/C15H24N2O4S/c1-13(2)14-3-5-15(6-4-14)22(18,19)16-21-12-9-17-7-10-20-11-8-17/h3-6,13,16H,7-12H2,1-2H3. The zero-order valence-electron chi connectivity index (χ0n) is 13.1. The summed E-state index contributed by atoms with van der Waals surface area (Å²) >= 11 is 0. The van der Waals surface area contributed by atoms with E-state index in [1.54, 1.807) is 12.1 Å². The summed E-state index contributed by atoms with van der Waals surface area (Å²) in [6, 6.07) is 6.85. The fraction of sp³-hybridized carbons (Fsp3) is 0.600. The predicted molar refractivity (Wildman–Crippen MR) is 84.1 cm³/mol. The topological polar surface area (TPSA) is 67.9 Å². The molecule has 1 saturated heterocycles. The molecule has 0 aliphatic carbocycles. The molecule has 1 N–H and O–H groups in total. The van der Waals surface area contributed by atoms with Crippen LogP contribution in [0.3, 0.4) is 0 Å². The average molecular weight is 328 g/mol. The molecule has 124 valence electrons. The number of ether oxygens (including phenoxy) is 1. The molecule has 1 heterocycles. The molecule has 1 aliphatic heterocycles. The van der Waals surface area contributed by atoms with Crippen molar-refractivity contribution in [1.82, 2.24) is 9.79 Å². The van der Waals surface area contributed by atoms with Crippen LogP contribution in [0.2, 0.25) is 0 Å². The number of hydrogen-bond acceptors (Lipinski definition) is 5. The molecule has 0 spiro atoms.